The summed E-state index contributed by atoms with van der Waals surface area (Å²) in [5.41, 5.74) is 5.42. The molecule has 7 heteroatoms. The summed E-state index contributed by atoms with van der Waals surface area (Å²) < 4.78 is 8.78. The number of hydrogen-bond acceptors (Lipinski definition) is 4. The molecule has 1 heterocycles. The van der Waals surface area contributed by atoms with Crippen LogP contribution >= 0.6 is 47.8 Å². The number of hydrogen-bond donors (Lipinski definition) is 0. The maximum absolute atomic E-state index is 13.7. The third kappa shape index (κ3) is 5.23. The summed E-state index contributed by atoms with van der Waals surface area (Å²) in [5.74, 6) is 0.594. The second kappa shape index (κ2) is 10.0. The fourth-order valence-electron chi connectivity index (χ4n) is 6.12. The minimum atomic E-state index is -0.378. The van der Waals surface area contributed by atoms with Crippen LogP contribution in [-0.2, 0) is 16.2 Å². The fourth-order valence-corrected chi connectivity index (χ4v) is 7.83. The summed E-state index contributed by atoms with van der Waals surface area (Å²) in [4.78, 5) is 29.6. The lowest BCUT2D eigenvalue weighted by Gasteiger charge is -2.48. The van der Waals surface area contributed by atoms with Gasteiger partial charge in [0, 0.05) is 52.8 Å². The van der Waals surface area contributed by atoms with E-state index in [0.717, 1.165) is 59.9 Å². The van der Waals surface area contributed by atoms with Crippen LogP contribution in [0.3, 0.4) is 0 Å². The first-order valence-corrected chi connectivity index (χ1v) is 15.3. The van der Waals surface area contributed by atoms with Crippen LogP contribution in [0.2, 0.25) is 0 Å². The van der Waals surface area contributed by atoms with Crippen LogP contribution in [0.15, 0.2) is 72.4 Å². The highest BCUT2D eigenvalue weighted by molar-refractivity contribution is 9.11. The van der Waals surface area contributed by atoms with Crippen molar-refractivity contribution in [3.8, 4) is 5.75 Å². The Morgan fingerprint density at radius 3 is 1.76 bits per heavy atom. The van der Waals surface area contributed by atoms with Gasteiger partial charge in [0.05, 0.1) is 8.95 Å². The zero-order valence-corrected chi connectivity index (χ0v) is 27.1. The SMILES string of the molecule is CN1C2=C(C(=O)CC(C)(C)C2)C(c2cc(Br)c(OCc3ccc(Br)cc3)c(Br)c2)C2=C1CC(C)(C)CC2=O. The molecule has 0 unspecified atom stereocenters. The Morgan fingerprint density at radius 2 is 1.29 bits per heavy atom. The van der Waals surface area contributed by atoms with Gasteiger partial charge < -0.3 is 9.64 Å². The van der Waals surface area contributed by atoms with Crippen molar-refractivity contribution in [2.24, 2.45) is 10.8 Å². The quantitative estimate of drug-likeness (QED) is 0.319. The molecule has 2 aromatic carbocycles. The summed E-state index contributed by atoms with van der Waals surface area (Å²) in [5, 5.41) is 0. The number of ketones is 2. The van der Waals surface area contributed by atoms with E-state index in [2.05, 4.69) is 80.4 Å². The van der Waals surface area contributed by atoms with Crippen molar-refractivity contribution < 1.29 is 14.3 Å². The summed E-state index contributed by atoms with van der Waals surface area (Å²) in [7, 11) is 2.04. The zero-order chi connectivity index (χ0) is 27.6. The van der Waals surface area contributed by atoms with E-state index in [1.54, 1.807) is 0 Å². The molecular formula is C31H32Br3NO3. The molecule has 2 aliphatic carbocycles. The smallest absolute Gasteiger partial charge is 0.162 e. The zero-order valence-electron chi connectivity index (χ0n) is 22.4. The number of carbonyl (C=O) groups is 2. The molecule has 0 aromatic heterocycles. The summed E-state index contributed by atoms with van der Waals surface area (Å²) in [6.07, 6.45) is 2.58. The van der Waals surface area contributed by atoms with Crippen molar-refractivity contribution >= 4 is 59.4 Å². The first kappa shape index (κ1) is 27.9. The molecule has 0 spiro atoms. The van der Waals surface area contributed by atoms with E-state index in [4.69, 9.17) is 4.74 Å². The average molecular weight is 706 g/mol. The molecule has 4 nitrogen and oxygen atoms in total. The number of benzene rings is 2. The number of ether oxygens (including phenoxy) is 1. The van der Waals surface area contributed by atoms with Gasteiger partial charge in [-0.05, 0) is 90.9 Å². The van der Waals surface area contributed by atoms with Crippen LogP contribution in [0.25, 0.3) is 0 Å². The topological polar surface area (TPSA) is 46.6 Å². The second-order valence-electron chi connectivity index (χ2n) is 12.3. The number of allylic oxidation sites excluding steroid dienone is 4. The average Bonchev–Trinajstić information content (AvgIpc) is 2.79. The van der Waals surface area contributed by atoms with E-state index in [-0.39, 0.29) is 28.3 Å². The van der Waals surface area contributed by atoms with Gasteiger partial charge in [0.25, 0.3) is 0 Å². The molecule has 0 radical (unpaired) electrons. The van der Waals surface area contributed by atoms with Crippen molar-refractivity contribution in [1.82, 2.24) is 4.90 Å². The van der Waals surface area contributed by atoms with Crippen molar-refractivity contribution in [1.29, 1.82) is 0 Å². The van der Waals surface area contributed by atoms with Crippen molar-refractivity contribution in [3.63, 3.8) is 0 Å². The molecule has 3 aliphatic rings. The van der Waals surface area contributed by atoms with Gasteiger partial charge in [-0.1, -0.05) is 55.8 Å². The Labute approximate surface area is 250 Å². The van der Waals surface area contributed by atoms with Gasteiger partial charge in [0.15, 0.2) is 11.6 Å². The summed E-state index contributed by atoms with van der Waals surface area (Å²) in [6.45, 7) is 9.04. The Morgan fingerprint density at radius 1 is 0.816 bits per heavy atom. The molecule has 0 bridgehead atoms. The predicted molar refractivity (Wildman–Crippen MR) is 161 cm³/mol. The van der Waals surface area contributed by atoms with E-state index in [0.29, 0.717) is 25.2 Å². The van der Waals surface area contributed by atoms with Gasteiger partial charge >= 0.3 is 0 Å². The molecule has 0 N–H and O–H groups in total. The molecular weight excluding hydrogens is 674 g/mol. The molecule has 1 aliphatic heterocycles. The lowest BCUT2D eigenvalue weighted by molar-refractivity contribution is -0.119. The van der Waals surface area contributed by atoms with Gasteiger partial charge in [0.1, 0.15) is 12.4 Å². The Balaban J connectivity index is 1.59. The van der Waals surface area contributed by atoms with Gasteiger partial charge in [-0.2, -0.15) is 0 Å². The number of Topliss-reactive ketones (excluding diaryl/α,β-unsaturated/α-hetero) is 2. The number of carbonyl (C=O) groups excluding carboxylic acids is 2. The first-order chi connectivity index (χ1) is 17.8. The molecule has 0 saturated carbocycles. The minimum absolute atomic E-state index is 0.118. The van der Waals surface area contributed by atoms with E-state index < -0.39 is 0 Å². The standard InChI is InChI=1S/C31H32Br3NO3/c1-30(2)12-22-27(24(36)14-30)26(28-23(35(22)5)13-31(3,4)15-25(28)37)18-10-20(33)29(21(34)11-18)38-16-17-6-8-19(32)9-7-17/h6-11,26H,12-16H2,1-5H3. The third-order valence-corrected chi connectivity index (χ3v) is 9.54. The maximum Gasteiger partial charge on any atom is 0.162 e. The normalized spacial score (nSPS) is 21.0. The van der Waals surface area contributed by atoms with E-state index in [1.807, 2.05) is 43.4 Å². The van der Waals surface area contributed by atoms with Gasteiger partial charge in [0.2, 0.25) is 0 Å². The lowest BCUT2D eigenvalue weighted by atomic mass is 9.64. The minimum Gasteiger partial charge on any atom is -0.487 e. The predicted octanol–water partition coefficient (Wildman–Crippen LogP) is 8.87. The van der Waals surface area contributed by atoms with Crippen LogP contribution in [-0.4, -0.2) is 23.5 Å². The number of nitrogens with zero attached hydrogens (tertiary/aromatic N) is 1. The van der Waals surface area contributed by atoms with Crippen LogP contribution in [0.4, 0.5) is 0 Å². The molecule has 0 saturated heterocycles. The lowest BCUT2D eigenvalue weighted by Crippen LogP contribution is -2.43. The molecule has 0 amide bonds. The van der Waals surface area contributed by atoms with E-state index in [9.17, 15) is 9.59 Å². The molecule has 5 rings (SSSR count). The maximum atomic E-state index is 13.7. The number of rotatable bonds is 4. The van der Waals surface area contributed by atoms with E-state index in [1.165, 1.54) is 0 Å². The van der Waals surface area contributed by atoms with Gasteiger partial charge in [-0.3, -0.25) is 9.59 Å². The highest BCUT2D eigenvalue weighted by Crippen LogP contribution is 2.54. The van der Waals surface area contributed by atoms with Gasteiger partial charge in [-0.15, -0.1) is 0 Å². The third-order valence-electron chi connectivity index (χ3n) is 7.83. The van der Waals surface area contributed by atoms with Crippen LogP contribution < -0.4 is 4.74 Å². The second-order valence-corrected chi connectivity index (χ2v) is 14.9. The number of halogens is 3. The molecule has 200 valence electrons. The van der Waals surface area contributed by atoms with Crippen LogP contribution in [0, 0.1) is 10.8 Å². The Bertz CT molecular complexity index is 1320. The Hall–Kier alpha value is -1.70. The molecule has 0 fully saturated rings. The molecule has 0 atom stereocenters. The van der Waals surface area contributed by atoms with Gasteiger partial charge in [-0.25, -0.2) is 0 Å². The fraction of sp³-hybridized carbons (Fsp3) is 0.419. The molecule has 38 heavy (non-hydrogen) atoms. The van der Waals surface area contributed by atoms with Crippen LogP contribution in [0.1, 0.15) is 70.4 Å². The van der Waals surface area contributed by atoms with E-state index >= 15 is 0 Å². The summed E-state index contributed by atoms with van der Waals surface area (Å²) >= 11 is 10.9. The molecule has 2 aromatic rings. The largest absolute Gasteiger partial charge is 0.487 e. The Kier molecular flexibility index (Phi) is 7.36. The van der Waals surface area contributed by atoms with Crippen molar-refractivity contribution in [3.05, 3.63) is 83.5 Å². The highest BCUT2D eigenvalue weighted by Gasteiger charge is 2.48. The van der Waals surface area contributed by atoms with Crippen molar-refractivity contribution in [2.45, 2.75) is 65.9 Å². The first-order valence-electron chi connectivity index (χ1n) is 12.9. The highest BCUT2D eigenvalue weighted by atomic mass is 79.9. The van der Waals surface area contributed by atoms with Crippen molar-refractivity contribution in [2.75, 3.05) is 7.05 Å². The van der Waals surface area contributed by atoms with Crippen LogP contribution in [0.5, 0.6) is 5.75 Å². The summed E-state index contributed by atoms with van der Waals surface area (Å²) in [6, 6.07) is 12.1. The monoisotopic (exact) mass is 703 g/mol.